The zero-order chi connectivity index (χ0) is 33.9. The number of piperazine rings is 1. The molecule has 10 nitrogen and oxygen atoms in total. The first-order valence-electron chi connectivity index (χ1n) is 15.3. The van der Waals surface area contributed by atoms with Crippen LogP contribution in [-0.2, 0) is 27.0 Å². The normalized spacial score (nSPS) is 16.3. The van der Waals surface area contributed by atoms with Gasteiger partial charge in [-0.25, -0.2) is 9.78 Å². The summed E-state index contributed by atoms with van der Waals surface area (Å²) in [6.07, 6.45) is -5.22. The second kappa shape index (κ2) is 13.9. The third-order valence-electron chi connectivity index (χ3n) is 7.92. The lowest BCUT2D eigenvalue weighted by Gasteiger charge is -2.38. The van der Waals surface area contributed by atoms with Gasteiger partial charge in [-0.1, -0.05) is 30.3 Å². The van der Waals surface area contributed by atoms with Crippen LogP contribution in [0.5, 0.6) is 0 Å². The number of alkyl halides is 3. The molecule has 47 heavy (non-hydrogen) atoms. The van der Waals surface area contributed by atoms with E-state index in [1.54, 1.807) is 45.0 Å². The molecule has 2 aliphatic rings. The van der Waals surface area contributed by atoms with Crippen LogP contribution in [0.3, 0.4) is 0 Å². The molecule has 0 unspecified atom stereocenters. The number of amides is 3. The number of carbonyl (C=O) groups excluding carboxylic acids is 3. The molecule has 1 aromatic heterocycles. The highest BCUT2D eigenvalue weighted by molar-refractivity contribution is 7.12. The van der Waals surface area contributed by atoms with Gasteiger partial charge in [0.05, 0.1) is 30.7 Å². The van der Waals surface area contributed by atoms with E-state index in [2.05, 4.69) is 20.5 Å². The number of rotatable bonds is 8. The maximum Gasteiger partial charge on any atom is 0.416 e. The highest BCUT2D eigenvalue weighted by Gasteiger charge is 2.33. The number of benzene rings is 2. The van der Waals surface area contributed by atoms with E-state index >= 15 is 0 Å². The van der Waals surface area contributed by atoms with Crippen molar-refractivity contribution in [2.75, 3.05) is 44.3 Å². The minimum Gasteiger partial charge on any atom is -0.444 e. The van der Waals surface area contributed by atoms with Gasteiger partial charge in [0.25, 0.3) is 5.91 Å². The maximum atomic E-state index is 13.6. The molecule has 2 aromatic carbocycles. The highest BCUT2D eigenvalue weighted by atomic mass is 32.1. The maximum absolute atomic E-state index is 13.6. The van der Waals surface area contributed by atoms with E-state index in [9.17, 15) is 27.6 Å². The Morgan fingerprint density at radius 2 is 1.72 bits per heavy atom. The van der Waals surface area contributed by atoms with E-state index in [1.807, 2.05) is 17.2 Å². The monoisotopic (exact) mass is 673 g/mol. The lowest BCUT2D eigenvalue weighted by Crippen LogP contribution is -2.53. The molecule has 0 radical (unpaired) electrons. The third kappa shape index (κ3) is 8.60. The number of carbonyl (C=O) groups is 3. The summed E-state index contributed by atoms with van der Waals surface area (Å²) in [7, 11) is 0. The van der Waals surface area contributed by atoms with Crippen LogP contribution >= 0.6 is 11.3 Å². The Morgan fingerprint density at radius 3 is 2.32 bits per heavy atom. The summed E-state index contributed by atoms with van der Waals surface area (Å²) in [6, 6.07) is 9.85. The second-order valence-electron chi connectivity index (χ2n) is 12.6. The third-order valence-corrected chi connectivity index (χ3v) is 8.75. The molecule has 1 atom stereocenters. The smallest absolute Gasteiger partial charge is 0.416 e. The molecule has 3 heterocycles. The van der Waals surface area contributed by atoms with Gasteiger partial charge in [0.15, 0.2) is 5.01 Å². The number of ether oxygens (including phenoxy) is 2. The predicted molar refractivity (Wildman–Crippen MR) is 171 cm³/mol. The van der Waals surface area contributed by atoms with Gasteiger partial charge in [-0.15, -0.1) is 11.3 Å². The number of hydrogen-bond donors (Lipinski definition) is 2. The topological polar surface area (TPSA) is 113 Å². The predicted octanol–water partition coefficient (Wildman–Crippen LogP) is 5.64. The Bertz CT molecular complexity index is 1590. The molecule has 0 bridgehead atoms. The molecule has 3 amide bonds. The quantitative estimate of drug-likeness (QED) is 0.318. The fourth-order valence-electron chi connectivity index (χ4n) is 5.26. The van der Waals surface area contributed by atoms with Gasteiger partial charge in [-0.2, -0.15) is 13.2 Å². The molecule has 252 valence electrons. The molecule has 0 spiro atoms. The standard InChI is InChI=1S/C33H38F3N5O5S/c1-20(38-28(42)29-39-27(19-47-29)40-11-13-41(14-12-40)30(43)24-17-45-18-24)21-5-7-22(8-6-21)26-15-25(33(34,35)36)10-9-23(26)16-37-31(44)46-32(2,3)4/h5-10,15,19-20,24H,11-14,16-18H2,1-4H3,(H,37,44)(H,38,42)/t20-/m1/s1. The number of alkyl carbamates (subject to hydrolysis) is 1. The summed E-state index contributed by atoms with van der Waals surface area (Å²) in [4.78, 5) is 46.2. The highest BCUT2D eigenvalue weighted by Crippen LogP contribution is 2.35. The van der Waals surface area contributed by atoms with Crippen LogP contribution < -0.4 is 15.5 Å². The van der Waals surface area contributed by atoms with E-state index < -0.39 is 29.5 Å². The molecule has 0 aliphatic carbocycles. The first-order chi connectivity index (χ1) is 22.2. The molecule has 2 fully saturated rings. The van der Waals surface area contributed by atoms with Gasteiger partial charge in [0.2, 0.25) is 5.91 Å². The fourth-order valence-corrected chi connectivity index (χ4v) is 5.99. The largest absolute Gasteiger partial charge is 0.444 e. The number of nitrogens with one attached hydrogen (secondary N) is 2. The summed E-state index contributed by atoms with van der Waals surface area (Å²) in [5.74, 6) is 0.432. The SMILES string of the molecule is C[C@@H](NC(=O)c1nc(N2CCN(C(=O)C3COC3)CC2)cs1)c1ccc(-c2cc(C(F)(F)F)ccc2CNC(=O)OC(C)(C)C)cc1. The number of nitrogens with zero attached hydrogens (tertiary/aromatic N) is 3. The van der Waals surface area contributed by atoms with Gasteiger partial charge in [0.1, 0.15) is 11.4 Å². The summed E-state index contributed by atoms with van der Waals surface area (Å²) in [6.45, 7) is 10.3. The lowest BCUT2D eigenvalue weighted by molar-refractivity contribution is -0.150. The van der Waals surface area contributed by atoms with E-state index in [0.717, 1.165) is 17.7 Å². The van der Waals surface area contributed by atoms with Crippen molar-refractivity contribution in [1.82, 2.24) is 20.5 Å². The van der Waals surface area contributed by atoms with Crippen LogP contribution in [0.2, 0.25) is 0 Å². The van der Waals surface area contributed by atoms with Crippen molar-refractivity contribution < 1.29 is 37.0 Å². The van der Waals surface area contributed by atoms with Crippen LogP contribution in [0.4, 0.5) is 23.8 Å². The lowest BCUT2D eigenvalue weighted by atomic mass is 9.95. The molecule has 14 heteroatoms. The molecular weight excluding hydrogens is 635 g/mol. The van der Waals surface area contributed by atoms with Crippen LogP contribution in [0.25, 0.3) is 11.1 Å². The Hall–Kier alpha value is -4.17. The van der Waals surface area contributed by atoms with E-state index in [-0.39, 0.29) is 24.3 Å². The van der Waals surface area contributed by atoms with Gasteiger partial charge in [0, 0.05) is 38.1 Å². The number of hydrogen-bond acceptors (Lipinski definition) is 8. The number of halogens is 3. The van der Waals surface area contributed by atoms with Crippen molar-refractivity contribution >= 4 is 35.1 Å². The Balaban J connectivity index is 1.21. The molecule has 3 aromatic rings. The molecule has 2 N–H and O–H groups in total. The summed E-state index contributed by atoms with van der Waals surface area (Å²) < 4.78 is 51.1. The summed E-state index contributed by atoms with van der Waals surface area (Å²) >= 11 is 1.23. The van der Waals surface area contributed by atoms with Crippen LogP contribution in [-0.4, -0.2) is 72.8 Å². The molecular formula is C33H38F3N5O5S. The minimum absolute atomic E-state index is 0.0316. The number of thiazole rings is 1. The first kappa shape index (κ1) is 34.2. The zero-order valence-electron chi connectivity index (χ0n) is 26.6. The van der Waals surface area contributed by atoms with E-state index in [0.29, 0.717) is 66.9 Å². The van der Waals surface area contributed by atoms with Gasteiger partial charge >= 0.3 is 12.3 Å². The summed E-state index contributed by atoms with van der Waals surface area (Å²) in [5, 5.41) is 7.69. The average molecular weight is 674 g/mol. The Kier molecular flexibility index (Phi) is 10.1. The molecule has 2 aliphatic heterocycles. The van der Waals surface area contributed by atoms with Gasteiger partial charge in [-0.05, 0) is 62.1 Å². The number of anilines is 1. The fraction of sp³-hybridized carbons (Fsp3) is 0.455. The van der Waals surface area contributed by atoms with Crippen molar-refractivity contribution in [3.8, 4) is 11.1 Å². The van der Waals surface area contributed by atoms with Crippen molar-refractivity contribution in [3.63, 3.8) is 0 Å². The number of aromatic nitrogens is 1. The second-order valence-corrected chi connectivity index (χ2v) is 13.5. The van der Waals surface area contributed by atoms with Crippen molar-refractivity contribution in [3.05, 3.63) is 69.5 Å². The van der Waals surface area contributed by atoms with Crippen LogP contribution in [0.1, 0.15) is 60.2 Å². The Morgan fingerprint density at radius 1 is 1.04 bits per heavy atom. The van der Waals surface area contributed by atoms with E-state index in [1.165, 1.54) is 17.4 Å². The molecule has 5 rings (SSSR count). The van der Waals surface area contributed by atoms with E-state index in [4.69, 9.17) is 9.47 Å². The van der Waals surface area contributed by atoms with Crippen LogP contribution in [0.15, 0.2) is 47.8 Å². The molecule has 0 saturated carbocycles. The first-order valence-corrected chi connectivity index (χ1v) is 16.2. The van der Waals surface area contributed by atoms with Crippen molar-refractivity contribution in [2.24, 2.45) is 5.92 Å². The van der Waals surface area contributed by atoms with Crippen LogP contribution in [0, 0.1) is 5.92 Å². The van der Waals surface area contributed by atoms with Gasteiger partial charge < -0.3 is 29.9 Å². The van der Waals surface area contributed by atoms with Crippen molar-refractivity contribution in [2.45, 2.75) is 52.1 Å². The Labute approximate surface area is 275 Å². The van der Waals surface area contributed by atoms with Gasteiger partial charge in [-0.3, -0.25) is 9.59 Å². The average Bonchev–Trinajstić information content (AvgIpc) is 3.49. The molecule has 2 saturated heterocycles. The minimum atomic E-state index is -4.54. The summed E-state index contributed by atoms with van der Waals surface area (Å²) in [5.41, 5.74) is 0.541. The van der Waals surface area contributed by atoms with Crippen molar-refractivity contribution in [1.29, 1.82) is 0 Å². The zero-order valence-corrected chi connectivity index (χ0v) is 27.5.